The van der Waals surface area contributed by atoms with Crippen LogP contribution in [0.5, 0.6) is 5.75 Å². The molecule has 3 fully saturated rings. The van der Waals surface area contributed by atoms with Crippen molar-refractivity contribution in [1.29, 1.82) is 0 Å². The Hall–Kier alpha value is -3.99. The monoisotopic (exact) mass is 672 g/mol. The summed E-state index contributed by atoms with van der Waals surface area (Å²) < 4.78 is 12.2. The Kier molecular flexibility index (Phi) is 10.2. The van der Waals surface area contributed by atoms with Crippen LogP contribution in [-0.4, -0.2) is 111 Å². The lowest BCUT2D eigenvalue weighted by Gasteiger charge is -2.39. The molecule has 2 N–H and O–H groups in total. The summed E-state index contributed by atoms with van der Waals surface area (Å²) in [5.74, 6) is 2.07. The first-order valence-corrected chi connectivity index (χ1v) is 18.4. The van der Waals surface area contributed by atoms with Crippen LogP contribution in [0.15, 0.2) is 36.4 Å². The topological polar surface area (TPSA) is 107 Å². The Labute approximate surface area is 290 Å². The van der Waals surface area contributed by atoms with Gasteiger partial charge in [-0.15, -0.1) is 0 Å². The van der Waals surface area contributed by atoms with E-state index in [1.165, 1.54) is 12.8 Å². The quantitative estimate of drug-likeness (QED) is 0.460. The number of benzene rings is 2. The maximum Gasteiger partial charge on any atom is 0.410 e. The normalized spacial score (nSPS) is 21.6. The number of likely N-dealkylation sites (tertiary alicyclic amines) is 2. The zero-order chi connectivity index (χ0) is 33.9. The number of para-hydroxylation sites is 1. The molecule has 7 rings (SSSR count). The lowest BCUT2D eigenvalue weighted by molar-refractivity contribution is -0.142. The van der Waals surface area contributed by atoms with E-state index in [2.05, 4.69) is 41.6 Å². The van der Waals surface area contributed by atoms with E-state index in [0.717, 1.165) is 78.6 Å². The van der Waals surface area contributed by atoms with Crippen molar-refractivity contribution in [2.45, 2.75) is 70.4 Å². The van der Waals surface area contributed by atoms with Gasteiger partial charge in [0.05, 0.1) is 12.2 Å². The SMILES string of the molecule is Cc1cc(C[C@@H](OC(=O)N2CCC(N3CCc4ccccc4NC3=O)CC2)C(=O)N2CCC(C3CCNCC3)CC2)cc2c1N(C)CCO2. The number of nitrogens with zero attached hydrogens (tertiary/aromatic N) is 4. The van der Waals surface area contributed by atoms with Crippen molar-refractivity contribution in [2.75, 3.05) is 76.2 Å². The zero-order valence-corrected chi connectivity index (χ0v) is 29.1. The van der Waals surface area contributed by atoms with Crippen molar-refractivity contribution in [3.05, 3.63) is 53.1 Å². The second kappa shape index (κ2) is 14.9. The smallest absolute Gasteiger partial charge is 0.410 e. The van der Waals surface area contributed by atoms with Crippen molar-refractivity contribution in [3.8, 4) is 5.75 Å². The molecule has 0 unspecified atom stereocenters. The summed E-state index contributed by atoms with van der Waals surface area (Å²) in [5.41, 5.74) is 5.08. The number of anilines is 2. The number of fused-ring (bicyclic) bond motifs is 2. The van der Waals surface area contributed by atoms with Crippen LogP contribution in [0, 0.1) is 18.8 Å². The predicted octanol–water partition coefficient (Wildman–Crippen LogP) is 4.66. The van der Waals surface area contributed by atoms with Crippen LogP contribution in [-0.2, 0) is 22.4 Å². The van der Waals surface area contributed by atoms with Gasteiger partial charge in [-0.3, -0.25) is 4.79 Å². The number of carbonyl (C=O) groups is 3. The fourth-order valence-electron chi connectivity index (χ4n) is 8.74. The molecule has 5 aliphatic heterocycles. The van der Waals surface area contributed by atoms with Gasteiger partial charge in [0.2, 0.25) is 0 Å². The third kappa shape index (κ3) is 7.46. The van der Waals surface area contributed by atoms with Gasteiger partial charge in [-0.1, -0.05) is 24.3 Å². The van der Waals surface area contributed by atoms with Crippen molar-refractivity contribution in [1.82, 2.24) is 20.0 Å². The van der Waals surface area contributed by atoms with Crippen LogP contribution in [0.25, 0.3) is 0 Å². The van der Waals surface area contributed by atoms with Gasteiger partial charge in [0.25, 0.3) is 5.91 Å². The number of nitrogens with one attached hydrogen (secondary N) is 2. The molecule has 0 saturated carbocycles. The first-order valence-electron chi connectivity index (χ1n) is 18.4. The standard InChI is InChI=1S/C38H52N6O5/c1-26-23-27(24-33-35(26)41(2)21-22-48-33)25-34(36(45)42-16-9-29(10-17-42)28-7-14-39-15-8-28)49-38(47)43-18-12-31(13-19-43)44-20-11-30-5-3-4-6-32(30)40-37(44)46/h3-6,23-24,28-29,31,34,39H,7-22,25H2,1-2H3,(H,40,46)/t34-/m1/s1. The Morgan fingerprint density at radius 3 is 2.41 bits per heavy atom. The maximum atomic E-state index is 14.2. The molecule has 0 aromatic heterocycles. The molecule has 11 nitrogen and oxygen atoms in total. The van der Waals surface area contributed by atoms with Gasteiger partial charge in [0.15, 0.2) is 6.10 Å². The molecule has 2 aromatic rings. The lowest BCUT2D eigenvalue weighted by atomic mass is 9.79. The summed E-state index contributed by atoms with van der Waals surface area (Å²) in [6, 6.07) is 12.0. The molecule has 1 atom stereocenters. The van der Waals surface area contributed by atoms with E-state index < -0.39 is 12.2 Å². The van der Waals surface area contributed by atoms with Gasteiger partial charge < -0.3 is 39.7 Å². The average molecular weight is 673 g/mol. The summed E-state index contributed by atoms with van der Waals surface area (Å²) in [5, 5.41) is 6.54. The summed E-state index contributed by atoms with van der Waals surface area (Å²) in [6.45, 7) is 8.65. The van der Waals surface area contributed by atoms with Crippen LogP contribution in [0.1, 0.15) is 55.2 Å². The number of hydrogen-bond acceptors (Lipinski definition) is 7. The maximum absolute atomic E-state index is 14.2. The second-order valence-electron chi connectivity index (χ2n) is 14.6. The number of ether oxygens (including phenoxy) is 2. The van der Waals surface area contributed by atoms with Crippen LogP contribution in [0.2, 0.25) is 0 Å². The van der Waals surface area contributed by atoms with E-state index in [4.69, 9.17) is 9.47 Å². The van der Waals surface area contributed by atoms with E-state index in [-0.39, 0.29) is 18.0 Å². The van der Waals surface area contributed by atoms with E-state index in [1.807, 2.05) is 34.1 Å². The molecule has 0 spiro atoms. The van der Waals surface area contributed by atoms with Crippen molar-refractivity contribution in [3.63, 3.8) is 0 Å². The summed E-state index contributed by atoms with van der Waals surface area (Å²) in [6.07, 6.45) is 5.45. The van der Waals surface area contributed by atoms with Gasteiger partial charge in [-0.2, -0.15) is 0 Å². The Morgan fingerprint density at radius 2 is 1.63 bits per heavy atom. The number of likely N-dealkylation sites (N-methyl/N-ethyl adjacent to an activating group) is 1. The van der Waals surface area contributed by atoms with Gasteiger partial charge in [-0.05, 0) is 106 Å². The molecule has 5 aliphatic rings. The van der Waals surface area contributed by atoms with E-state index in [9.17, 15) is 14.4 Å². The molecule has 0 radical (unpaired) electrons. The predicted molar refractivity (Wildman–Crippen MR) is 189 cm³/mol. The number of piperidine rings is 3. The summed E-state index contributed by atoms with van der Waals surface area (Å²) >= 11 is 0. The fourth-order valence-corrected chi connectivity index (χ4v) is 8.74. The minimum Gasteiger partial charge on any atom is -0.490 e. The van der Waals surface area contributed by atoms with Crippen LogP contribution in [0.3, 0.4) is 0 Å². The Balaban J connectivity index is 1.01. The number of aryl methyl sites for hydroxylation is 1. The van der Waals surface area contributed by atoms with Crippen molar-refractivity contribution < 1.29 is 23.9 Å². The highest BCUT2D eigenvalue weighted by Crippen LogP contribution is 2.36. The molecule has 0 aliphatic carbocycles. The number of carbonyl (C=O) groups excluding carboxylic acids is 3. The summed E-state index contributed by atoms with van der Waals surface area (Å²) in [4.78, 5) is 48.8. The van der Waals surface area contributed by atoms with Gasteiger partial charge in [0.1, 0.15) is 12.4 Å². The molecule has 4 amide bonds. The molecule has 0 bridgehead atoms. The third-order valence-corrected chi connectivity index (χ3v) is 11.5. The van der Waals surface area contributed by atoms with Gasteiger partial charge in [0, 0.05) is 57.9 Å². The first-order chi connectivity index (χ1) is 23.8. The molecule has 49 heavy (non-hydrogen) atoms. The Bertz CT molecular complexity index is 1510. The zero-order valence-electron chi connectivity index (χ0n) is 29.1. The number of amides is 4. The Morgan fingerprint density at radius 1 is 0.918 bits per heavy atom. The third-order valence-electron chi connectivity index (χ3n) is 11.5. The highest BCUT2D eigenvalue weighted by molar-refractivity contribution is 5.91. The van der Waals surface area contributed by atoms with Crippen molar-refractivity contribution >= 4 is 29.4 Å². The van der Waals surface area contributed by atoms with Gasteiger partial charge >= 0.3 is 12.1 Å². The highest BCUT2D eigenvalue weighted by atomic mass is 16.6. The van der Waals surface area contributed by atoms with Crippen molar-refractivity contribution in [2.24, 2.45) is 11.8 Å². The summed E-state index contributed by atoms with van der Waals surface area (Å²) in [7, 11) is 2.07. The lowest BCUT2D eigenvalue weighted by Crippen LogP contribution is -2.52. The molecule has 11 heteroatoms. The molecule has 264 valence electrons. The van der Waals surface area contributed by atoms with E-state index in [0.29, 0.717) is 64.5 Å². The molecular weight excluding hydrogens is 620 g/mol. The number of rotatable bonds is 6. The van der Waals surface area contributed by atoms with E-state index in [1.54, 1.807) is 4.90 Å². The fraction of sp³-hybridized carbons (Fsp3) is 0.605. The molecule has 3 saturated heterocycles. The van der Waals surface area contributed by atoms with Crippen LogP contribution in [0.4, 0.5) is 21.0 Å². The number of urea groups is 1. The second-order valence-corrected chi connectivity index (χ2v) is 14.6. The van der Waals surface area contributed by atoms with Gasteiger partial charge in [-0.25, -0.2) is 9.59 Å². The molecule has 2 aromatic carbocycles. The molecule has 5 heterocycles. The van der Waals surface area contributed by atoms with Crippen LogP contribution < -0.4 is 20.3 Å². The minimum atomic E-state index is -0.922. The number of hydrogen-bond donors (Lipinski definition) is 2. The minimum absolute atomic E-state index is 0.0358. The highest BCUT2D eigenvalue weighted by Gasteiger charge is 2.37. The molecular formula is C38H52N6O5. The average Bonchev–Trinajstić information content (AvgIpc) is 3.29. The van der Waals surface area contributed by atoms with Crippen LogP contribution >= 0.6 is 0 Å². The largest absolute Gasteiger partial charge is 0.490 e. The first kappa shape index (κ1) is 33.5. The van der Waals surface area contributed by atoms with E-state index >= 15 is 0 Å².